The van der Waals surface area contributed by atoms with Gasteiger partial charge in [-0.2, -0.15) is 4.98 Å². The van der Waals surface area contributed by atoms with E-state index in [0.29, 0.717) is 12.0 Å². The van der Waals surface area contributed by atoms with Crippen molar-refractivity contribution in [2.24, 2.45) is 0 Å². The van der Waals surface area contributed by atoms with Crippen molar-refractivity contribution in [1.29, 1.82) is 0 Å². The van der Waals surface area contributed by atoms with Gasteiger partial charge < -0.3 is 10.6 Å². The lowest BCUT2D eigenvalue weighted by Gasteiger charge is -2.15. The molecular weight excluding hydrogens is 284 g/mol. The van der Waals surface area contributed by atoms with Crippen molar-refractivity contribution >= 4 is 17.5 Å². The highest BCUT2D eigenvalue weighted by atomic mass is 15.2. The zero-order valence-electron chi connectivity index (χ0n) is 14.5. The molecule has 4 heteroatoms. The van der Waals surface area contributed by atoms with Crippen LogP contribution in [0.1, 0.15) is 55.8 Å². The fraction of sp³-hybridized carbons (Fsp3) is 0.474. The van der Waals surface area contributed by atoms with Crippen LogP contribution in [0.15, 0.2) is 24.3 Å². The Labute approximate surface area is 138 Å². The smallest absolute Gasteiger partial charge is 0.225 e. The number of aromatic nitrogens is 2. The Bertz CT molecular complexity index is 672. The first-order valence-corrected chi connectivity index (χ1v) is 8.54. The van der Waals surface area contributed by atoms with Crippen LogP contribution < -0.4 is 10.6 Å². The van der Waals surface area contributed by atoms with Crippen LogP contribution >= 0.6 is 0 Å². The molecular formula is C19H26N4. The molecule has 1 heterocycles. The maximum atomic E-state index is 4.70. The van der Waals surface area contributed by atoms with E-state index < -0.39 is 0 Å². The molecule has 1 saturated carbocycles. The Morgan fingerprint density at radius 1 is 1.09 bits per heavy atom. The molecule has 0 saturated heterocycles. The predicted molar refractivity (Wildman–Crippen MR) is 96.6 cm³/mol. The average molecular weight is 310 g/mol. The minimum atomic E-state index is 0.374. The molecule has 1 aromatic carbocycles. The Morgan fingerprint density at radius 3 is 2.39 bits per heavy atom. The zero-order chi connectivity index (χ0) is 16.4. The zero-order valence-corrected chi connectivity index (χ0v) is 14.5. The van der Waals surface area contributed by atoms with Gasteiger partial charge in [0.25, 0.3) is 0 Å². The summed E-state index contributed by atoms with van der Waals surface area (Å²) in [6.07, 6.45) is 3.53. The van der Waals surface area contributed by atoms with Crippen molar-refractivity contribution < 1.29 is 0 Å². The molecule has 0 amide bonds. The second-order valence-corrected chi connectivity index (χ2v) is 6.73. The van der Waals surface area contributed by atoms with E-state index in [2.05, 4.69) is 67.6 Å². The summed E-state index contributed by atoms with van der Waals surface area (Å²) in [5, 5.41) is 6.85. The summed E-state index contributed by atoms with van der Waals surface area (Å²) in [4.78, 5) is 9.35. The van der Waals surface area contributed by atoms with Gasteiger partial charge in [-0.25, -0.2) is 4.98 Å². The molecule has 0 aliphatic heterocycles. The highest BCUT2D eigenvalue weighted by Gasteiger charge is 2.26. The first kappa shape index (κ1) is 15.8. The minimum absolute atomic E-state index is 0.374. The molecule has 3 rings (SSSR count). The molecule has 0 radical (unpaired) electrons. The fourth-order valence-corrected chi connectivity index (χ4v) is 2.70. The third kappa shape index (κ3) is 4.21. The van der Waals surface area contributed by atoms with E-state index >= 15 is 0 Å². The number of hydrogen-bond donors (Lipinski definition) is 2. The number of nitrogens with one attached hydrogen (secondary N) is 2. The molecule has 2 N–H and O–H groups in total. The predicted octanol–water partition coefficient (Wildman–Crippen LogP) is 4.92. The van der Waals surface area contributed by atoms with E-state index in [1.807, 2.05) is 0 Å². The van der Waals surface area contributed by atoms with E-state index in [9.17, 15) is 0 Å². The molecule has 0 unspecified atom stereocenters. The van der Waals surface area contributed by atoms with Crippen LogP contribution in [-0.4, -0.2) is 16.0 Å². The summed E-state index contributed by atoms with van der Waals surface area (Å²) in [6, 6.07) is 8.94. The van der Waals surface area contributed by atoms with Crippen molar-refractivity contribution in [3.05, 3.63) is 41.1 Å². The van der Waals surface area contributed by atoms with Gasteiger partial charge in [0.2, 0.25) is 5.95 Å². The number of hydrogen-bond acceptors (Lipinski definition) is 4. The van der Waals surface area contributed by atoms with Crippen molar-refractivity contribution in [2.45, 2.75) is 58.9 Å². The molecule has 1 aromatic heterocycles. The summed E-state index contributed by atoms with van der Waals surface area (Å²) in [6.45, 7) is 8.55. The van der Waals surface area contributed by atoms with E-state index in [1.165, 1.54) is 24.0 Å². The molecule has 0 spiro atoms. The van der Waals surface area contributed by atoms with Crippen LogP contribution in [0.2, 0.25) is 0 Å². The van der Waals surface area contributed by atoms with Crippen molar-refractivity contribution in [1.82, 2.24) is 9.97 Å². The number of aryl methyl sites for hydroxylation is 2. The molecule has 1 aliphatic rings. The molecule has 2 aromatic rings. The van der Waals surface area contributed by atoms with Gasteiger partial charge in [-0.3, -0.25) is 0 Å². The van der Waals surface area contributed by atoms with Crippen LogP contribution in [0.25, 0.3) is 0 Å². The first-order valence-electron chi connectivity index (χ1n) is 8.54. The maximum absolute atomic E-state index is 4.70. The maximum Gasteiger partial charge on any atom is 0.225 e. The Hall–Kier alpha value is -2.10. The van der Waals surface area contributed by atoms with E-state index in [4.69, 9.17) is 4.98 Å². The van der Waals surface area contributed by atoms with Crippen molar-refractivity contribution in [3.8, 4) is 0 Å². The Kier molecular flexibility index (Phi) is 4.51. The van der Waals surface area contributed by atoms with Crippen LogP contribution in [0.4, 0.5) is 17.5 Å². The minimum Gasteiger partial charge on any atom is -0.352 e. The molecule has 1 atom stereocenters. The van der Waals surface area contributed by atoms with Gasteiger partial charge >= 0.3 is 0 Å². The highest BCUT2D eigenvalue weighted by Crippen LogP contribution is 2.40. The number of benzene rings is 1. The Balaban J connectivity index is 1.87. The number of nitrogens with zero attached hydrogens (tertiary/aromatic N) is 2. The second kappa shape index (κ2) is 6.57. The van der Waals surface area contributed by atoms with Gasteiger partial charge in [-0.15, -0.1) is 0 Å². The number of rotatable bonds is 6. The standard InChI is InChI=1S/C19H26N4/c1-5-14(4)20-19-22-17(15-6-7-15)11-18(23-19)21-16-9-12(2)8-13(3)10-16/h8-11,14-15H,5-7H2,1-4H3,(H2,20,21,22,23)/t14-/m1/s1. The van der Waals surface area contributed by atoms with Crippen molar-refractivity contribution in [2.75, 3.05) is 10.6 Å². The normalized spacial score (nSPS) is 15.3. The molecule has 122 valence electrons. The summed E-state index contributed by atoms with van der Waals surface area (Å²) >= 11 is 0. The monoisotopic (exact) mass is 310 g/mol. The molecule has 23 heavy (non-hydrogen) atoms. The Morgan fingerprint density at radius 2 is 1.78 bits per heavy atom. The largest absolute Gasteiger partial charge is 0.352 e. The lowest BCUT2D eigenvalue weighted by Crippen LogP contribution is -2.16. The van der Waals surface area contributed by atoms with E-state index in [0.717, 1.165) is 29.6 Å². The van der Waals surface area contributed by atoms with Crippen molar-refractivity contribution in [3.63, 3.8) is 0 Å². The number of anilines is 3. The molecule has 0 bridgehead atoms. The van der Waals surface area contributed by atoms with Gasteiger partial charge in [-0.1, -0.05) is 13.0 Å². The summed E-state index contributed by atoms with van der Waals surface area (Å²) in [7, 11) is 0. The second-order valence-electron chi connectivity index (χ2n) is 6.73. The molecule has 4 nitrogen and oxygen atoms in total. The van der Waals surface area contributed by atoms with Gasteiger partial charge in [0.05, 0.1) is 5.69 Å². The highest BCUT2D eigenvalue weighted by molar-refractivity contribution is 5.60. The molecule has 1 aliphatic carbocycles. The van der Waals surface area contributed by atoms with E-state index in [-0.39, 0.29) is 0 Å². The van der Waals surface area contributed by atoms with Crippen LogP contribution in [0.3, 0.4) is 0 Å². The first-order chi connectivity index (χ1) is 11.0. The summed E-state index contributed by atoms with van der Waals surface area (Å²) in [5.41, 5.74) is 4.74. The SMILES string of the molecule is CC[C@@H](C)Nc1nc(Nc2cc(C)cc(C)c2)cc(C2CC2)n1. The van der Waals surface area contributed by atoms with Gasteiger partial charge in [-0.05, 0) is 63.3 Å². The van der Waals surface area contributed by atoms with Crippen LogP contribution in [-0.2, 0) is 0 Å². The van der Waals surface area contributed by atoms with Gasteiger partial charge in [0.15, 0.2) is 0 Å². The van der Waals surface area contributed by atoms with Crippen LogP contribution in [0.5, 0.6) is 0 Å². The summed E-state index contributed by atoms with van der Waals surface area (Å²) < 4.78 is 0. The molecule has 1 fully saturated rings. The van der Waals surface area contributed by atoms with Gasteiger partial charge in [0, 0.05) is 23.7 Å². The average Bonchev–Trinajstić information content (AvgIpc) is 3.30. The van der Waals surface area contributed by atoms with Crippen LogP contribution in [0, 0.1) is 13.8 Å². The third-order valence-corrected chi connectivity index (χ3v) is 4.22. The third-order valence-electron chi connectivity index (χ3n) is 4.22. The fourth-order valence-electron chi connectivity index (χ4n) is 2.70. The summed E-state index contributed by atoms with van der Waals surface area (Å²) in [5.74, 6) is 2.21. The lowest BCUT2D eigenvalue weighted by molar-refractivity contribution is 0.750. The van der Waals surface area contributed by atoms with E-state index in [1.54, 1.807) is 0 Å². The lowest BCUT2D eigenvalue weighted by atomic mass is 10.1. The van der Waals surface area contributed by atoms with Gasteiger partial charge in [0.1, 0.15) is 5.82 Å². The quantitative estimate of drug-likeness (QED) is 0.794. The topological polar surface area (TPSA) is 49.8 Å².